The number of aliphatic hydroxyl groups is 1. The Morgan fingerprint density at radius 3 is 2.70 bits per heavy atom. The molecule has 0 aromatic carbocycles. The summed E-state index contributed by atoms with van der Waals surface area (Å²) in [6.07, 6.45) is 5.23. The van der Waals surface area contributed by atoms with Crippen LogP contribution in [-0.4, -0.2) is 42.6 Å². The molecule has 0 radical (unpaired) electrons. The molecule has 1 saturated heterocycles. The van der Waals surface area contributed by atoms with E-state index in [2.05, 4.69) is 12.2 Å². The highest BCUT2D eigenvalue weighted by Crippen LogP contribution is 2.31. The minimum atomic E-state index is -3.30. The number of carbonyl (C=O) groups excluding carboxylic acids is 1. The van der Waals surface area contributed by atoms with Crippen molar-refractivity contribution in [2.75, 3.05) is 12.3 Å². The van der Waals surface area contributed by atoms with Crippen LogP contribution in [0.2, 0.25) is 0 Å². The summed E-state index contributed by atoms with van der Waals surface area (Å²) in [6.45, 7) is 2.26. The van der Waals surface area contributed by atoms with Crippen LogP contribution in [0.4, 0.5) is 0 Å². The van der Waals surface area contributed by atoms with E-state index in [0.717, 1.165) is 19.3 Å². The fourth-order valence-electron chi connectivity index (χ4n) is 3.41. The number of amides is 1. The van der Waals surface area contributed by atoms with Gasteiger partial charge in [-0.25, -0.2) is 8.42 Å². The average Bonchev–Trinajstić information content (AvgIpc) is 2.35. The van der Waals surface area contributed by atoms with Crippen LogP contribution in [0, 0.1) is 5.92 Å². The predicted octanol–water partition coefficient (Wildman–Crippen LogP) is 1.01. The van der Waals surface area contributed by atoms with Crippen molar-refractivity contribution in [2.45, 2.75) is 62.7 Å². The number of carbonyl (C=O) groups is 1. The third-order valence-corrected chi connectivity index (χ3v) is 6.70. The van der Waals surface area contributed by atoms with Gasteiger partial charge in [0.2, 0.25) is 5.91 Å². The van der Waals surface area contributed by atoms with Gasteiger partial charge >= 0.3 is 0 Å². The van der Waals surface area contributed by atoms with Crippen molar-refractivity contribution >= 4 is 15.7 Å². The minimum absolute atomic E-state index is 0.104. The zero-order valence-electron chi connectivity index (χ0n) is 12.1. The van der Waals surface area contributed by atoms with E-state index in [0.29, 0.717) is 31.6 Å². The summed E-state index contributed by atoms with van der Waals surface area (Å²) in [6, 6.07) is 0. The molecule has 5 nitrogen and oxygen atoms in total. The molecular formula is C14H25NO4S. The lowest BCUT2D eigenvalue weighted by molar-refractivity contribution is -0.122. The molecule has 3 unspecified atom stereocenters. The van der Waals surface area contributed by atoms with Gasteiger partial charge < -0.3 is 10.4 Å². The first kappa shape index (κ1) is 15.8. The Morgan fingerprint density at radius 1 is 1.30 bits per heavy atom. The third kappa shape index (κ3) is 3.73. The van der Waals surface area contributed by atoms with E-state index in [9.17, 15) is 18.3 Å². The molecule has 2 N–H and O–H groups in total. The maximum absolute atomic E-state index is 12.1. The van der Waals surface area contributed by atoms with Crippen LogP contribution in [0.1, 0.15) is 51.9 Å². The van der Waals surface area contributed by atoms with Crippen molar-refractivity contribution in [2.24, 2.45) is 5.92 Å². The monoisotopic (exact) mass is 303 g/mol. The molecule has 1 aliphatic carbocycles. The molecule has 1 saturated carbocycles. The second-order valence-corrected chi connectivity index (χ2v) is 8.80. The fraction of sp³-hybridized carbons (Fsp3) is 0.929. The number of sulfone groups is 1. The van der Waals surface area contributed by atoms with E-state index in [4.69, 9.17) is 0 Å². The van der Waals surface area contributed by atoms with E-state index in [1.165, 1.54) is 0 Å². The summed E-state index contributed by atoms with van der Waals surface area (Å²) in [7, 11) is -3.30. The Labute approximate surface area is 121 Å². The normalized spacial score (nSPS) is 37.3. The molecule has 1 heterocycles. The van der Waals surface area contributed by atoms with Crippen LogP contribution in [0.15, 0.2) is 0 Å². The molecule has 1 aliphatic heterocycles. The Kier molecular flexibility index (Phi) is 4.74. The van der Waals surface area contributed by atoms with Crippen LogP contribution in [0.25, 0.3) is 0 Å². The van der Waals surface area contributed by atoms with Crippen LogP contribution in [0.3, 0.4) is 0 Å². The van der Waals surface area contributed by atoms with E-state index in [1.54, 1.807) is 0 Å². The number of hydrogen-bond acceptors (Lipinski definition) is 4. The smallest absolute Gasteiger partial charge is 0.238 e. The van der Waals surface area contributed by atoms with Crippen molar-refractivity contribution in [1.82, 2.24) is 5.32 Å². The van der Waals surface area contributed by atoms with Gasteiger partial charge in [-0.3, -0.25) is 4.79 Å². The first-order chi connectivity index (χ1) is 9.32. The minimum Gasteiger partial charge on any atom is -0.388 e. The molecule has 3 atom stereocenters. The Morgan fingerprint density at radius 2 is 2.05 bits per heavy atom. The van der Waals surface area contributed by atoms with Crippen molar-refractivity contribution in [3.05, 3.63) is 0 Å². The second-order valence-electron chi connectivity index (χ2n) is 6.50. The quantitative estimate of drug-likeness (QED) is 0.815. The van der Waals surface area contributed by atoms with Crippen molar-refractivity contribution in [3.63, 3.8) is 0 Å². The third-order valence-electron chi connectivity index (χ3n) is 4.53. The molecule has 0 aromatic heterocycles. The zero-order valence-corrected chi connectivity index (χ0v) is 12.9. The standard InChI is InChI=1S/C14H25NO4S/c1-11-5-4-7-14(17,9-11)10-15-13(16)12-6-2-3-8-20(12,18)19/h11-12,17H,2-10H2,1H3,(H,15,16). The topological polar surface area (TPSA) is 83.5 Å². The Hall–Kier alpha value is -0.620. The van der Waals surface area contributed by atoms with Gasteiger partial charge in [0.15, 0.2) is 9.84 Å². The largest absolute Gasteiger partial charge is 0.388 e. The van der Waals surface area contributed by atoms with E-state index >= 15 is 0 Å². The molecule has 2 aliphatic rings. The molecule has 116 valence electrons. The molecule has 0 spiro atoms. The molecule has 2 fully saturated rings. The maximum atomic E-state index is 12.1. The number of nitrogens with one attached hydrogen (secondary N) is 1. The molecule has 0 aromatic rings. The lowest BCUT2D eigenvalue weighted by Crippen LogP contribution is -2.50. The molecule has 0 bridgehead atoms. The van der Waals surface area contributed by atoms with Gasteiger partial charge in [0, 0.05) is 6.54 Å². The Bertz CT molecular complexity index is 462. The summed E-state index contributed by atoms with van der Waals surface area (Å²) >= 11 is 0. The van der Waals surface area contributed by atoms with Gasteiger partial charge in [-0.15, -0.1) is 0 Å². The first-order valence-corrected chi connectivity index (χ1v) is 9.26. The number of hydrogen-bond donors (Lipinski definition) is 2. The van der Waals surface area contributed by atoms with Gasteiger partial charge in [0.05, 0.1) is 11.4 Å². The summed E-state index contributed by atoms with van der Waals surface area (Å²) in [5.41, 5.74) is -0.869. The summed E-state index contributed by atoms with van der Waals surface area (Å²) in [5, 5.41) is 12.2. The van der Waals surface area contributed by atoms with Gasteiger partial charge in [0.1, 0.15) is 5.25 Å². The fourth-order valence-corrected chi connectivity index (χ4v) is 5.23. The van der Waals surface area contributed by atoms with E-state index < -0.39 is 26.6 Å². The highest BCUT2D eigenvalue weighted by atomic mass is 32.2. The van der Waals surface area contributed by atoms with Gasteiger partial charge in [-0.1, -0.05) is 26.2 Å². The van der Waals surface area contributed by atoms with Crippen LogP contribution >= 0.6 is 0 Å². The lowest BCUT2D eigenvalue weighted by atomic mass is 9.79. The van der Waals surface area contributed by atoms with Gasteiger partial charge in [-0.2, -0.15) is 0 Å². The summed E-state index contributed by atoms with van der Waals surface area (Å²) in [5.74, 6) is 0.118. The van der Waals surface area contributed by atoms with Crippen LogP contribution in [-0.2, 0) is 14.6 Å². The predicted molar refractivity (Wildman–Crippen MR) is 77.0 cm³/mol. The van der Waals surface area contributed by atoms with Crippen LogP contribution in [0.5, 0.6) is 0 Å². The molecule has 6 heteroatoms. The van der Waals surface area contributed by atoms with Crippen molar-refractivity contribution in [3.8, 4) is 0 Å². The van der Waals surface area contributed by atoms with Crippen molar-refractivity contribution < 1.29 is 18.3 Å². The summed E-state index contributed by atoms with van der Waals surface area (Å²) in [4.78, 5) is 12.1. The zero-order chi connectivity index (χ0) is 14.8. The molecule has 20 heavy (non-hydrogen) atoms. The number of rotatable bonds is 3. The van der Waals surface area contributed by atoms with E-state index in [1.807, 2.05) is 0 Å². The lowest BCUT2D eigenvalue weighted by Gasteiger charge is -2.36. The van der Waals surface area contributed by atoms with Crippen LogP contribution < -0.4 is 5.32 Å². The second kappa shape index (κ2) is 6.02. The van der Waals surface area contributed by atoms with Crippen molar-refractivity contribution in [1.29, 1.82) is 0 Å². The highest BCUT2D eigenvalue weighted by molar-refractivity contribution is 7.92. The SMILES string of the molecule is CC1CCCC(O)(CNC(=O)C2CCCCS2(=O)=O)C1. The molecule has 2 rings (SSSR count). The average molecular weight is 303 g/mol. The Balaban J connectivity index is 1.91. The van der Waals surface area contributed by atoms with E-state index in [-0.39, 0.29) is 12.3 Å². The van der Waals surface area contributed by atoms with Gasteiger partial charge in [0.25, 0.3) is 0 Å². The first-order valence-electron chi connectivity index (χ1n) is 7.54. The van der Waals surface area contributed by atoms with Gasteiger partial charge in [-0.05, 0) is 31.6 Å². The molecular weight excluding hydrogens is 278 g/mol. The maximum Gasteiger partial charge on any atom is 0.238 e. The summed E-state index contributed by atoms with van der Waals surface area (Å²) < 4.78 is 23.8. The molecule has 1 amide bonds. The highest BCUT2D eigenvalue weighted by Gasteiger charge is 2.37.